The van der Waals surface area contributed by atoms with Gasteiger partial charge in [-0.3, -0.25) is 0 Å². The third-order valence-electron chi connectivity index (χ3n) is 2.98. The van der Waals surface area contributed by atoms with E-state index in [-0.39, 0.29) is 0 Å². The van der Waals surface area contributed by atoms with Crippen molar-refractivity contribution in [2.45, 2.75) is 5.85 Å². The van der Waals surface area contributed by atoms with Gasteiger partial charge in [0.05, 0.1) is 12.8 Å². The van der Waals surface area contributed by atoms with Crippen molar-refractivity contribution in [2.24, 2.45) is 0 Å². The van der Waals surface area contributed by atoms with E-state index < -0.39 is 5.85 Å². The summed E-state index contributed by atoms with van der Waals surface area (Å²) in [6, 6.07) is 9.03. The van der Waals surface area contributed by atoms with Crippen molar-refractivity contribution in [3.05, 3.63) is 46.6 Å². The molecule has 19 heavy (non-hydrogen) atoms. The van der Waals surface area contributed by atoms with Gasteiger partial charge in [-0.25, -0.2) is 4.98 Å². The first-order valence-corrected chi connectivity index (χ1v) is 6.49. The van der Waals surface area contributed by atoms with Crippen LogP contribution in [-0.4, -0.2) is 17.2 Å². The maximum absolute atomic E-state index is 10.6. The lowest BCUT2D eigenvalue weighted by Crippen LogP contribution is -2.38. The lowest BCUT2D eigenvalue weighted by molar-refractivity contribution is 0.104. The van der Waals surface area contributed by atoms with Gasteiger partial charge >= 0.3 is 0 Å². The number of halogens is 1. The third kappa shape index (κ3) is 2.13. The monoisotopic (exact) mass is 321 g/mol. The van der Waals surface area contributed by atoms with E-state index in [1.54, 1.807) is 37.6 Å². The number of pyridine rings is 1. The van der Waals surface area contributed by atoms with Crippen molar-refractivity contribution in [3.63, 3.8) is 0 Å². The molecule has 3 N–H and O–H groups in total. The van der Waals surface area contributed by atoms with Crippen molar-refractivity contribution >= 4 is 27.4 Å². The molecule has 0 saturated heterocycles. The predicted molar refractivity (Wildman–Crippen MR) is 76.1 cm³/mol. The molecule has 2 heterocycles. The minimum Gasteiger partial charge on any atom is -0.497 e. The summed E-state index contributed by atoms with van der Waals surface area (Å²) in [5.41, 5.74) is 1.43. The zero-order valence-corrected chi connectivity index (χ0v) is 11.7. The summed E-state index contributed by atoms with van der Waals surface area (Å²) in [4.78, 5) is 4.21. The quantitative estimate of drug-likeness (QED) is 0.793. The molecule has 98 valence electrons. The molecule has 1 aromatic carbocycles. The minimum atomic E-state index is -1.36. The smallest absolute Gasteiger partial charge is 0.243 e. The summed E-state index contributed by atoms with van der Waals surface area (Å²) < 4.78 is 5.95. The number of aliphatic hydroxyl groups is 1. The number of aromatic nitrogens is 1. The third-order valence-corrected chi connectivity index (χ3v) is 3.41. The molecule has 0 bridgehead atoms. The van der Waals surface area contributed by atoms with Gasteiger partial charge in [0.25, 0.3) is 0 Å². The highest BCUT2D eigenvalue weighted by molar-refractivity contribution is 9.10. The number of methoxy groups -OCH3 is 1. The van der Waals surface area contributed by atoms with Crippen molar-refractivity contribution in [3.8, 4) is 5.75 Å². The first kappa shape index (κ1) is 12.3. The predicted octanol–water partition coefficient (Wildman–Crippen LogP) is 2.49. The summed E-state index contributed by atoms with van der Waals surface area (Å²) in [6.45, 7) is 0. The molecule has 0 spiro atoms. The summed E-state index contributed by atoms with van der Waals surface area (Å²) >= 11 is 3.35. The van der Waals surface area contributed by atoms with E-state index in [4.69, 9.17) is 4.74 Å². The van der Waals surface area contributed by atoms with Gasteiger partial charge in [-0.1, -0.05) is 0 Å². The van der Waals surface area contributed by atoms with Crippen LogP contribution in [0.2, 0.25) is 0 Å². The Hall–Kier alpha value is -1.79. The van der Waals surface area contributed by atoms with E-state index in [2.05, 4.69) is 31.5 Å². The van der Waals surface area contributed by atoms with Gasteiger partial charge in [-0.15, -0.1) is 0 Å². The number of fused-ring (bicyclic) bond motifs is 1. The molecule has 0 saturated carbocycles. The number of hydrogen-bond acceptors (Lipinski definition) is 5. The van der Waals surface area contributed by atoms with Crippen LogP contribution in [-0.2, 0) is 5.85 Å². The fourth-order valence-corrected chi connectivity index (χ4v) is 2.34. The highest BCUT2D eigenvalue weighted by Gasteiger charge is 2.36. The number of ether oxygens (including phenoxy) is 1. The zero-order chi connectivity index (χ0) is 13.5. The second-order valence-electron chi connectivity index (χ2n) is 4.24. The SMILES string of the molecule is COc1ccc(C2(O)Nc3cc(Br)cnc3N2)cc1. The van der Waals surface area contributed by atoms with Crippen LogP contribution in [0.15, 0.2) is 41.0 Å². The molecule has 1 unspecified atom stereocenters. The first-order chi connectivity index (χ1) is 9.10. The molecule has 3 rings (SSSR count). The van der Waals surface area contributed by atoms with E-state index in [9.17, 15) is 5.11 Å². The Bertz CT molecular complexity index is 618. The average molecular weight is 322 g/mol. The van der Waals surface area contributed by atoms with E-state index in [1.807, 2.05) is 6.07 Å². The Labute approximate surface area is 118 Å². The van der Waals surface area contributed by atoms with E-state index in [0.29, 0.717) is 11.4 Å². The maximum atomic E-state index is 10.6. The van der Waals surface area contributed by atoms with Crippen LogP contribution in [0.4, 0.5) is 11.5 Å². The Morgan fingerprint density at radius 2 is 2.00 bits per heavy atom. The van der Waals surface area contributed by atoms with Crippen LogP contribution in [0.5, 0.6) is 5.75 Å². The Kier molecular flexibility index (Phi) is 2.83. The van der Waals surface area contributed by atoms with Crippen molar-refractivity contribution in [1.29, 1.82) is 0 Å². The van der Waals surface area contributed by atoms with Gasteiger partial charge < -0.3 is 20.5 Å². The number of nitrogens with zero attached hydrogens (tertiary/aromatic N) is 1. The summed E-state index contributed by atoms with van der Waals surface area (Å²) in [5, 5.41) is 16.6. The highest BCUT2D eigenvalue weighted by Crippen LogP contribution is 2.37. The van der Waals surface area contributed by atoms with Crippen LogP contribution in [0.1, 0.15) is 5.56 Å². The number of nitrogens with one attached hydrogen (secondary N) is 2. The lowest BCUT2D eigenvalue weighted by atomic mass is 10.1. The summed E-state index contributed by atoms with van der Waals surface area (Å²) in [5.74, 6) is -0.00665. The maximum Gasteiger partial charge on any atom is 0.243 e. The molecule has 1 aliphatic heterocycles. The number of rotatable bonds is 2. The number of benzene rings is 1. The van der Waals surface area contributed by atoms with Crippen LogP contribution < -0.4 is 15.4 Å². The molecule has 0 radical (unpaired) electrons. The van der Waals surface area contributed by atoms with Crippen LogP contribution in [0.3, 0.4) is 0 Å². The van der Waals surface area contributed by atoms with Crippen molar-refractivity contribution in [2.75, 3.05) is 17.7 Å². The largest absolute Gasteiger partial charge is 0.497 e. The fourth-order valence-electron chi connectivity index (χ4n) is 2.01. The summed E-state index contributed by atoms with van der Waals surface area (Å²) in [7, 11) is 1.60. The second-order valence-corrected chi connectivity index (χ2v) is 5.15. The Morgan fingerprint density at radius 3 is 2.68 bits per heavy atom. The molecule has 6 heteroatoms. The van der Waals surface area contributed by atoms with Gasteiger partial charge in [0.15, 0.2) is 5.82 Å². The minimum absolute atomic E-state index is 0.613. The molecule has 0 fully saturated rings. The molecule has 2 aromatic rings. The molecule has 0 amide bonds. The molecule has 5 nitrogen and oxygen atoms in total. The van der Waals surface area contributed by atoms with Crippen LogP contribution in [0, 0.1) is 0 Å². The number of hydrogen-bond donors (Lipinski definition) is 3. The van der Waals surface area contributed by atoms with E-state index in [0.717, 1.165) is 15.9 Å². The average Bonchev–Trinajstić information content (AvgIpc) is 2.75. The van der Waals surface area contributed by atoms with E-state index in [1.165, 1.54) is 0 Å². The standard InChI is InChI=1S/C13H12BrN3O2/c1-19-10-4-2-8(3-5-10)13(18)16-11-6-9(14)7-15-12(11)17-13/h2-7,16,18H,1H3,(H,15,17). The molecule has 1 aromatic heterocycles. The Morgan fingerprint density at radius 1 is 1.26 bits per heavy atom. The highest BCUT2D eigenvalue weighted by atomic mass is 79.9. The van der Waals surface area contributed by atoms with Crippen molar-refractivity contribution in [1.82, 2.24) is 4.98 Å². The lowest BCUT2D eigenvalue weighted by Gasteiger charge is -2.24. The normalized spacial score (nSPS) is 20.4. The van der Waals surface area contributed by atoms with E-state index >= 15 is 0 Å². The molecular formula is C13H12BrN3O2. The van der Waals surface area contributed by atoms with Crippen LogP contribution >= 0.6 is 15.9 Å². The first-order valence-electron chi connectivity index (χ1n) is 5.69. The Balaban J connectivity index is 1.93. The summed E-state index contributed by atoms with van der Waals surface area (Å²) in [6.07, 6.45) is 1.67. The van der Waals surface area contributed by atoms with Crippen molar-refractivity contribution < 1.29 is 9.84 Å². The van der Waals surface area contributed by atoms with Gasteiger partial charge in [-0.2, -0.15) is 0 Å². The zero-order valence-electron chi connectivity index (χ0n) is 10.1. The van der Waals surface area contributed by atoms with Gasteiger partial charge in [-0.05, 0) is 46.3 Å². The topological polar surface area (TPSA) is 66.4 Å². The van der Waals surface area contributed by atoms with Gasteiger partial charge in [0.2, 0.25) is 5.85 Å². The molecule has 1 atom stereocenters. The molecule has 0 aliphatic carbocycles. The second kappa shape index (κ2) is 4.40. The van der Waals surface area contributed by atoms with Gasteiger partial charge in [0.1, 0.15) is 5.75 Å². The molecule has 1 aliphatic rings. The van der Waals surface area contributed by atoms with Crippen LogP contribution in [0.25, 0.3) is 0 Å². The molecular weight excluding hydrogens is 310 g/mol. The fraction of sp³-hybridized carbons (Fsp3) is 0.154. The van der Waals surface area contributed by atoms with Gasteiger partial charge in [0, 0.05) is 16.2 Å². The number of anilines is 2.